The smallest absolute Gasteiger partial charge is 0.122 e. The van der Waals surface area contributed by atoms with Gasteiger partial charge in [0.25, 0.3) is 0 Å². The van der Waals surface area contributed by atoms with E-state index in [0.29, 0.717) is 12.6 Å². The minimum absolute atomic E-state index is 0.0620. The van der Waals surface area contributed by atoms with Gasteiger partial charge in [-0.3, -0.25) is 10.3 Å². The van der Waals surface area contributed by atoms with Crippen molar-refractivity contribution in [1.29, 1.82) is 5.41 Å². The predicted molar refractivity (Wildman–Crippen MR) is 74.2 cm³/mol. The molecule has 0 saturated carbocycles. The summed E-state index contributed by atoms with van der Waals surface area (Å²) >= 11 is 0. The average Bonchev–Trinajstić information content (AvgIpc) is 2.42. The number of ether oxygens (including phenoxy) is 1. The van der Waals surface area contributed by atoms with Crippen LogP contribution in [0.2, 0.25) is 0 Å². The van der Waals surface area contributed by atoms with Crippen LogP contribution in [0.1, 0.15) is 18.1 Å². The number of morpholine rings is 1. The van der Waals surface area contributed by atoms with Crippen LogP contribution in [0, 0.1) is 5.41 Å². The number of nitrogens with two attached hydrogens (primary N) is 1. The molecule has 1 heterocycles. The topological polar surface area (TPSA) is 82.6 Å². The van der Waals surface area contributed by atoms with Crippen molar-refractivity contribution in [3.63, 3.8) is 0 Å². The second-order valence-electron chi connectivity index (χ2n) is 5.03. The van der Waals surface area contributed by atoms with Crippen molar-refractivity contribution in [2.24, 2.45) is 5.73 Å². The van der Waals surface area contributed by atoms with Gasteiger partial charge in [-0.2, -0.15) is 0 Å². The first-order valence-corrected chi connectivity index (χ1v) is 6.50. The van der Waals surface area contributed by atoms with Crippen LogP contribution in [0.15, 0.2) is 24.3 Å². The van der Waals surface area contributed by atoms with E-state index in [4.69, 9.17) is 21.0 Å². The van der Waals surface area contributed by atoms with E-state index < -0.39 is 0 Å². The molecule has 0 amide bonds. The van der Waals surface area contributed by atoms with Crippen LogP contribution in [0.5, 0.6) is 0 Å². The Morgan fingerprint density at radius 3 is 2.74 bits per heavy atom. The summed E-state index contributed by atoms with van der Waals surface area (Å²) in [6.45, 7) is 4.39. The normalized spacial score (nSPS) is 24.3. The number of nitrogen functional groups attached to an aromatic ring is 1. The van der Waals surface area contributed by atoms with Crippen molar-refractivity contribution in [3.05, 3.63) is 35.4 Å². The summed E-state index contributed by atoms with van der Waals surface area (Å²) in [5, 5.41) is 16.5. The molecule has 5 heteroatoms. The standard InChI is InChI=1S/C14H21N3O2/c1-10-9-19-13(8-18)7-17(10)6-11-2-4-12(5-3-11)14(15)16/h2-5,10,13,18H,6-9H2,1H3,(H3,15,16). The van der Waals surface area contributed by atoms with Crippen LogP contribution in [0.25, 0.3) is 0 Å². The molecule has 2 atom stereocenters. The molecular formula is C14H21N3O2. The van der Waals surface area contributed by atoms with Gasteiger partial charge >= 0.3 is 0 Å². The summed E-state index contributed by atoms with van der Waals surface area (Å²) in [6.07, 6.45) is -0.0901. The van der Waals surface area contributed by atoms with E-state index in [-0.39, 0.29) is 18.5 Å². The second-order valence-corrected chi connectivity index (χ2v) is 5.03. The molecular weight excluding hydrogens is 242 g/mol. The highest BCUT2D eigenvalue weighted by Crippen LogP contribution is 2.15. The lowest BCUT2D eigenvalue weighted by atomic mass is 10.1. The zero-order valence-corrected chi connectivity index (χ0v) is 11.2. The highest BCUT2D eigenvalue weighted by molar-refractivity contribution is 5.94. The quantitative estimate of drug-likeness (QED) is 0.547. The number of amidine groups is 1. The number of aliphatic hydroxyl groups excluding tert-OH is 1. The third kappa shape index (κ3) is 3.53. The Hall–Kier alpha value is -1.43. The molecule has 0 bridgehead atoms. The molecule has 1 fully saturated rings. The second kappa shape index (κ2) is 6.14. The molecule has 5 nitrogen and oxygen atoms in total. The third-order valence-electron chi connectivity index (χ3n) is 3.49. The lowest BCUT2D eigenvalue weighted by Gasteiger charge is -2.37. The number of benzene rings is 1. The van der Waals surface area contributed by atoms with E-state index >= 15 is 0 Å². The van der Waals surface area contributed by atoms with E-state index in [0.717, 1.165) is 18.7 Å². The van der Waals surface area contributed by atoms with Crippen molar-refractivity contribution < 1.29 is 9.84 Å². The monoisotopic (exact) mass is 263 g/mol. The molecule has 1 aromatic rings. The van der Waals surface area contributed by atoms with Crippen LogP contribution < -0.4 is 5.73 Å². The van der Waals surface area contributed by atoms with Crippen LogP contribution in [-0.4, -0.2) is 47.7 Å². The Kier molecular flexibility index (Phi) is 4.52. The Labute approximate surface area is 113 Å². The Balaban J connectivity index is 2.01. The van der Waals surface area contributed by atoms with Gasteiger partial charge in [-0.25, -0.2) is 0 Å². The van der Waals surface area contributed by atoms with Crippen molar-refractivity contribution in [2.75, 3.05) is 19.8 Å². The van der Waals surface area contributed by atoms with Gasteiger partial charge in [0.15, 0.2) is 0 Å². The van der Waals surface area contributed by atoms with Gasteiger partial charge in [0.2, 0.25) is 0 Å². The molecule has 19 heavy (non-hydrogen) atoms. The highest BCUT2D eigenvalue weighted by atomic mass is 16.5. The molecule has 1 aliphatic rings. The molecule has 2 rings (SSSR count). The fraction of sp³-hybridized carbons (Fsp3) is 0.500. The molecule has 104 valence electrons. The Bertz CT molecular complexity index is 433. The molecule has 0 spiro atoms. The van der Waals surface area contributed by atoms with Gasteiger partial charge < -0.3 is 15.6 Å². The van der Waals surface area contributed by atoms with Crippen LogP contribution >= 0.6 is 0 Å². The minimum atomic E-state index is -0.0901. The summed E-state index contributed by atoms with van der Waals surface area (Å²) in [5.74, 6) is 0.0895. The maximum absolute atomic E-state index is 9.17. The SMILES string of the molecule is CC1COC(CO)CN1Cc1ccc(C(=N)N)cc1. The molecule has 0 aromatic heterocycles. The van der Waals surface area contributed by atoms with Gasteiger partial charge in [0.05, 0.1) is 19.3 Å². The summed E-state index contributed by atoms with van der Waals surface area (Å²) in [5.41, 5.74) is 7.35. The summed E-state index contributed by atoms with van der Waals surface area (Å²) in [6, 6.07) is 8.06. The van der Waals surface area contributed by atoms with Gasteiger partial charge in [-0.05, 0) is 12.5 Å². The molecule has 0 radical (unpaired) electrons. The zero-order chi connectivity index (χ0) is 13.8. The number of nitrogens with one attached hydrogen (secondary N) is 1. The number of hydrogen-bond acceptors (Lipinski definition) is 4. The van der Waals surface area contributed by atoms with Crippen molar-refractivity contribution in [3.8, 4) is 0 Å². The summed E-state index contributed by atoms with van der Waals surface area (Å²) < 4.78 is 5.52. The number of aliphatic hydroxyl groups is 1. The fourth-order valence-corrected chi connectivity index (χ4v) is 2.23. The first-order valence-electron chi connectivity index (χ1n) is 6.50. The van der Waals surface area contributed by atoms with E-state index in [9.17, 15) is 0 Å². The van der Waals surface area contributed by atoms with E-state index in [2.05, 4.69) is 11.8 Å². The van der Waals surface area contributed by atoms with Gasteiger partial charge in [-0.15, -0.1) is 0 Å². The average molecular weight is 263 g/mol. The maximum atomic E-state index is 9.17. The Morgan fingerprint density at radius 2 is 2.16 bits per heavy atom. The number of rotatable bonds is 4. The van der Waals surface area contributed by atoms with Crippen molar-refractivity contribution >= 4 is 5.84 Å². The summed E-state index contributed by atoms with van der Waals surface area (Å²) in [7, 11) is 0. The lowest BCUT2D eigenvalue weighted by Crippen LogP contribution is -2.48. The van der Waals surface area contributed by atoms with Gasteiger partial charge in [0, 0.05) is 24.7 Å². The van der Waals surface area contributed by atoms with Crippen LogP contribution in [0.4, 0.5) is 0 Å². The van der Waals surface area contributed by atoms with Crippen LogP contribution in [-0.2, 0) is 11.3 Å². The number of nitrogens with zero attached hydrogens (tertiary/aromatic N) is 1. The third-order valence-corrected chi connectivity index (χ3v) is 3.49. The van der Waals surface area contributed by atoms with E-state index in [1.807, 2.05) is 24.3 Å². The van der Waals surface area contributed by atoms with Gasteiger partial charge in [-0.1, -0.05) is 24.3 Å². The minimum Gasteiger partial charge on any atom is -0.394 e. The molecule has 1 aromatic carbocycles. The molecule has 2 unspecified atom stereocenters. The number of hydrogen-bond donors (Lipinski definition) is 3. The Morgan fingerprint density at radius 1 is 1.47 bits per heavy atom. The highest BCUT2D eigenvalue weighted by Gasteiger charge is 2.25. The molecule has 1 saturated heterocycles. The first kappa shape index (κ1) is 14.0. The van der Waals surface area contributed by atoms with E-state index in [1.165, 1.54) is 5.56 Å². The zero-order valence-electron chi connectivity index (χ0n) is 11.2. The fourth-order valence-electron chi connectivity index (χ4n) is 2.23. The van der Waals surface area contributed by atoms with Crippen LogP contribution in [0.3, 0.4) is 0 Å². The summed E-state index contributed by atoms with van der Waals surface area (Å²) in [4.78, 5) is 2.30. The first-order chi connectivity index (χ1) is 9.10. The predicted octanol–water partition coefficient (Wildman–Crippen LogP) is 0.552. The van der Waals surface area contributed by atoms with Gasteiger partial charge in [0.1, 0.15) is 5.84 Å². The van der Waals surface area contributed by atoms with E-state index in [1.54, 1.807) is 0 Å². The maximum Gasteiger partial charge on any atom is 0.122 e. The molecule has 1 aliphatic heterocycles. The lowest BCUT2D eigenvalue weighted by molar-refractivity contribution is -0.0805. The van der Waals surface area contributed by atoms with Crippen molar-refractivity contribution in [2.45, 2.75) is 25.6 Å². The van der Waals surface area contributed by atoms with Crippen molar-refractivity contribution in [1.82, 2.24) is 4.90 Å². The molecule has 4 N–H and O–H groups in total. The largest absolute Gasteiger partial charge is 0.394 e. The molecule has 0 aliphatic carbocycles.